The van der Waals surface area contributed by atoms with Crippen molar-refractivity contribution in [2.75, 3.05) is 26.7 Å². The molecule has 0 saturated carbocycles. The fourth-order valence-electron chi connectivity index (χ4n) is 3.55. The van der Waals surface area contributed by atoms with Gasteiger partial charge in [0.25, 0.3) is 0 Å². The lowest BCUT2D eigenvalue weighted by molar-refractivity contribution is -0.121. The third-order valence-corrected chi connectivity index (χ3v) is 4.73. The number of hydrogen-bond acceptors (Lipinski definition) is 2. The average Bonchev–Trinajstić information content (AvgIpc) is 2.59. The number of nitrogens with zero attached hydrogens (tertiary/aromatic N) is 2. The van der Waals surface area contributed by atoms with E-state index >= 15 is 0 Å². The molecule has 0 radical (unpaired) electrons. The van der Waals surface area contributed by atoms with Crippen LogP contribution in [0.1, 0.15) is 45.1 Å². The molecule has 1 aliphatic rings. The van der Waals surface area contributed by atoms with Crippen LogP contribution in [0, 0.1) is 5.92 Å². The van der Waals surface area contributed by atoms with E-state index in [4.69, 9.17) is 0 Å². The number of carbonyl (C=O) groups excluding carboxylic acids is 1. The van der Waals surface area contributed by atoms with Crippen molar-refractivity contribution in [2.45, 2.75) is 45.6 Å². The smallest absolute Gasteiger partial charge is 0.221 e. The van der Waals surface area contributed by atoms with Crippen molar-refractivity contribution >= 4 is 11.9 Å². The van der Waals surface area contributed by atoms with Crippen molar-refractivity contribution in [1.29, 1.82) is 0 Å². The van der Waals surface area contributed by atoms with Crippen LogP contribution in [-0.2, 0) is 4.79 Å². The fraction of sp³-hybridized carbons (Fsp3) is 0.600. The van der Waals surface area contributed by atoms with Gasteiger partial charge < -0.3 is 15.5 Å². The van der Waals surface area contributed by atoms with Gasteiger partial charge in [-0.1, -0.05) is 37.3 Å². The number of nitrogens with one attached hydrogen (secondary N) is 2. The fourth-order valence-corrected chi connectivity index (χ4v) is 3.55. The standard InChI is InChI=1S/C20H32N4O/c1-15(2)23-19(25)10-12-22-20(21-4)24-13-11-18(16(3)14-24)17-8-6-5-7-9-17/h5-9,15-16,18H,10-14H2,1-4H3,(H,21,22)(H,23,25). The first-order valence-corrected chi connectivity index (χ1v) is 9.31. The molecule has 1 fully saturated rings. The number of piperidine rings is 1. The van der Waals surface area contributed by atoms with Crippen molar-refractivity contribution in [3.63, 3.8) is 0 Å². The second kappa shape index (κ2) is 9.44. The van der Waals surface area contributed by atoms with Crippen molar-refractivity contribution in [3.8, 4) is 0 Å². The van der Waals surface area contributed by atoms with E-state index in [1.807, 2.05) is 20.9 Å². The molecule has 2 rings (SSSR count). The molecule has 2 N–H and O–H groups in total. The minimum absolute atomic E-state index is 0.0779. The molecule has 1 amide bonds. The number of likely N-dealkylation sites (tertiary alicyclic amines) is 1. The van der Waals surface area contributed by atoms with Gasteiger partial charge in [0.2, 0.25) is 5.91 Å². The van der Waals surface area contributed by atoms with Crippen LogP contribution >= 0.6 is 0 Å². The zero-order valence-electron chi connectivity index (χ0n) is 16.0. The van der Waals surface area contributed by atoms with Gasteiger partial charge in [0.05, 0.1) is 0 Å². The molecule has 138 valence electrons. The molecule has 1 saturated heterocycles. The largest absolute Gasteiger partial charge is 0.356 e. The normalized spacial score (nSPS) is 21.3. The molecule has 0 spiro atoms. The molecule has 0 aliphatic carbocycles. The van der Waals surface area contributed by atoms with Gasteiger partial charge in [-0.3, -0.25) is 9.79 Å². The third-order valence-electron chi connectivity index (χ3n) is 4.73. The molecule has 2 unspecified atom stereocenters. The van der Waals surface area contributed by atoms with Gasteiger partial charge in [-0.05, 0) is 37.7 Å². The van der Waals surface area contributed by atoms with Crippen LogP contribution < -0.4 is 10.6 Å². The summed E-state index contributed by atoms with van der Waals surface area (Å²) >= 11 is 0. The Morgan fingerprint density at radius 1 is 1.32 bits per heavy atom. The highest BCUT2D eigenvalue weighted by molar-refractivity contribution is 5.81. The van der Waals surface area contributed by atoms with Gasteiger partial charge >= 0.3 is 0 Å². The Morgan fingerprint density at radius 3 is 2.64 bits per heavy atom. The van der Waals surface area contributed by atoms with E-state index in [-0.39, 0.29) is 11.9 Å². The molecule has 1 aromatic rings. The Morgan fingerprint density at radius 2 is 2.04 bits per heavy atom. The van der Waals surface area contributed by atoms with Crippen LogP contribution in [0.4, 0.5) is 0 Å². The second-order valence-corrected chi connectivity index (χ2v) is 7.18. The topological polar surface area (TPSA) is 56.7 Å². The summed E-state index contributed by atoms with van der Waals surface area (Å²) in [6, 6.07) is 11.0. The molecular weight excluding hydrogens is 312 g/mol. The summed E-state index contributed by atoms with van der Waals surface area (Å²) in [6.07, 6.45) is 1.59. The zero-order valence-corrected chi connectivity index (χ0v) is 16.0. The highest BCUT2D eigenvalue weighted by atomic mass is 16.1. The van der Waals surface area contributed by atoms with Gasteiger partial charge in [0.15, 0.2) is 5.96 Å². The maximum absolute atomic E-state index is 11.7. The highest BCUT2D eigenvalue weighted by Crippen LogP contribution is 2.32. The maximum Gasteiger partial charge on any atom is 0.221 e. The maximum atomic E-state index is 11.7. The summed E-state index contributed by atoms with van der Waals surface area (Å²) < 4.78 is 0. The van der Waals surface area contributed by atoms with E-state index in [1.165, 1.54) is 5.56 Å². The van der Waals surface area contributed by atoms with Crippen LogP contribution in [0.25, 0.3) is 0 Å². The first kappa shape index (κ1) is 19.3. The summed E-state index contributed by atoms with van der Waals surface area (Å²) in [6.45, 7) is 8.84. The number of carbonyl (C=O) groups is 1. The van der Waals surface area contributed by atoms with E-state index in [0.29, 0.717) is 24.8 Å². The molecule has 2 atom stereocenters. The second-order valence-electron chi connectivity index (χ2n) is 7.18. The first-order valence-electron chi connectivity index (χ1n) is 9.31. The molecule has 5 nitrogen and oxygen atoms in total. The summed E-state index contributed by atoms with van der Waals surface area (Å²) in [7, 11) is 1.81. The minimum Gasteiger partial charge on any atom is -0.356 e. The van der Waals surface area contributed by atoms with Crippen molar-refractivity contribution < 1.29 is 4.79 Å². The van der Waals surface area contributed by atoms with Crippen molar-refractivity contribution in [1.82, 2.24) is 15.5 Å². The van der Waals surface area contributed by atoms with Gasteiger partial charge in [-0.2, -0.15) is 0 Å². The van der Waals surface area contributed by atoms with E-state index < -0.39 is 0 Å². The zero-order chi connectivity index (χ0) is 18.2. The molecule has 1 aliphatic heterocycles. The Kier molecular flexibility index (Phi) is 7.29. The monoisotopic (exact) mass is 344 g/mol. The first-order chi connectivity index (χ1) is 12.0. The number of aliphatic imine (C=N–C) groups is 1. The van der Waals surface area contributed by atoms with Gasteiger partial charge in [-0.25, -0.2) is 0 Å². The number of guanidine groups is 1. The van der Waals surface area contributed by atoms with E-state index in [0.717, 1.165) is 25.5 Å². The molecule has 5 heteroatoms. The van der Waals surface area contributed by atoms with Gasteiger partial charge in [-0.15, -0.1) is 0 Å². The third kappa shape index (κ3) is 5.76. The van der Waals surface area contributed by atoms with E-state index in [1.54, 1.807) is 0 Å². The summed E-state index contributed by atoms with van der Waals surface area (Å²) in [5, 5.41) is 6.25. The Bertz CT molecular complexity index is 570. The lowest BCUT2D eigenvalue weighted by atomic mass is 9.82. The Hall–Kier alpha value is -2.04. The predicted molar refractivity (Wildman–Crippen MR) is 104 cm³/mol. The van der Waals surface area contributed by atoms with Crippen LogP contribution in [0.15, 0.2) is 35.3 Å². The Labute approximate surface area is 151 Å². The minimum atomic E-state index is 0.0779. The molecule has 1 aromatic carbocycles. The number of amides is 1. The van der Waals surface area contributed by atoms with Crippen LogP contribution in [-0.4, -0.2) is 49.5 Å². The number of hydrogen-bond donors (Lipinski definition) is 2. The lowest BCUT2D eigenvalue weighted by Crippen LogP contribution is -2.48. The van der Waals surface area contributed by atoms with Gasteiger partial charge in [0, 0.05) is 39.1 Å². The molecule has 0 bridgehead atoms. The molecule has 0 aromatic heterocycles. The van der Waals surface area contributed by atoms with E-state index in [9.17, 15) is 4.79 Å². The number of benzene rings is 1. The van der Waals surface area contributed by atoms with Crippen LogP contribution in [0.2, 0.25) is 0 Å². The molecular formula is C20H32N4O. The lowest BCUT2D eigenvalue weighted by Gasteiger charge is -2.39. The average molecular weight is 345 g/mol. The summed E-state index contributed by atoms with van der Waals surface area (Å²) in [5.41, 5.74) is 1.43. The molecule has 1 heterocycles. The van der Waals surface area contributed by atoms with Gasteiger partial charge in [0.1, 0.15) is 0 Å². The van der Waals surface area contributed by atoms with Crippen LogP contribution in [0.5, 0.6) is 0 Å². The number of rotatable bonds is 5. The Balaban J connectivity index is 1.84. The van der Waals surface area contributed by atoms with Crippen molar-refractivity contribution in [2.24, 2.45) is 10.9 Å². The summed E-state index contributed by atoms with van der Waals surface area (Å²) in [4.78, 5) is 18.5. The van der Waals surface area contributed by atoms with E-state index in [2.05, 4.69) is 57.8 Å². The molecule has 25 heavy (non-hydrogen) atoms. The highest BCUT2D eigenvalue weighted by Gasteiger charge is 2.28. The predicted octanol–water partition coefficient (Wildman–Crippen LogP) is 2.60. The van der Waals surface area contributed by atoms with Crippen LogP contribution in [0.3, 0.4) is 0 Å². The SMILES string of the molecule is CN=C(NCCC(=O)NC(C)C)N1CCC(c2ccccc2)C(C)C1. The van der Waals surface area contributed by atoms with Crippen molar-refractivity contribution in [3.05, 3.63) is 35.9 Å². The summed E-state index contributed by atoms with van der Waals surface area (Å²) in [5.74, 6) is 2.15. The quantitative estimate of drug-likeness (QED) is 0.638.